The molecule has 2 amide bonds. The molecule has 2 atom stereocenters. The molecule has 13 heteroatoms. The molecule has 2 aromatic carbocycles. The van der Waals surface area contributed by atoms with Crippen molar-refractivity contribution in [1.29, 1.82) is 0 Å². The van der Waals surface area contributed by atoms with Gasteiger partial charge in [0.25, 0.3) is 0 Å². The number of carbonyl (C=O) groups excluding carboxylic acids is 2. The number of urea groups is 1. The van der Waals surface area contributed by atoms with Gasteiger partial charge in [-0.2, -0.15) is 5.10 Å². The van der Waals surface area contributed by atoms with Crippen LogP contribution >= 0.6 is 27.5 Å². The van der Waals surface area contributed by atoms with Crippen LogP contribution in [0, 0.1) is 0 Å². The van der Waals surface area contributed by atoms with Crippen LogP contribution in [0.1, 0.15) is 31.0 Å². The number of methoxy groups -OCH3 is 2. The average Bonchev–Trinajstić information content (AvgIpc) is 2.87. The average molecular weight is 612 g/mol. The van der Waals surface area contributed by atoms with E-state index in [1.807, 2.05) is 6.92 Å². The molecular formula is C25H28BrClN4O7. The zero-order valence-corrected chi connectivity index (χ0v) is 23.5. The SMILES string of the molecule is CCOc1cc([C@@H]2NC(=O)NC(C)=C2C(=O)OC)ccc1OC[C@H](O)N/N=C\c1cc(Cl)c(OC)c(Br)c1. The number of esters is 1. The van der Waals surface area contributed by atoms with Gasteiger partial charge in [-0.1, -0.05) is 17.7 Å². The normalized spacial score (nSPS) is 16.0. The number of amides is 2. The van der Waals surface area contributed by atoms with Crippen LogP contribution in [0.3, 0.4) is 0 Å². The number of rotatable bonds is 11. The van der Waals surface area contributed by atoms with E-state index >= 15 is 0 Å². The van der Waals surface area contributed by atoms with Gasteiger partial charge < -0.3 is 34.7 Å². The Morgan fingerprint density at radius 1 is 1.26 bits per heavy atom. The number of nitrogens with zero attached hydrogens (tertiary/aromatic N) is 1. The van der Waals surface area contributed by atoms with Crippen molar-refractivity contribution in [3.63, 3.8) is 0 Å². The van der Waals surface area contributed by atoms with E-state index in [0.717, 1.165) is 0 Å². The molecule has 0 fully saturated rings. The molecule has 0 unspecified atom stereocenters. The molecule has 0 radical (unpaired) electrons. The zero-order chi connectivity index (χ0) is 27.8. The first-order valence-corrected chi connectivity index (χ1v) is 12.6. The molecule has 0 saturated carbocycles. The van der Waals surface area contributed by atoms with Crippen LogP contribution in [-0.2, 0) is 9.53 Å². The zero-order valence-electron chi connectivity index (χ0n) is 21.1. The van der Waals surface area contributed by atoms with Gasteiger partial charge >= 0.3 is 12.0 Å². The van der Waals surface area contributed by atoms with Gasteiger partial charge in [0.1, 0.15) is 6.61 Å². The number of nitrogens with one attached hydrogen (secondary N) is 3. The number of aliphatic hydroxyl groups excluding tert-OH is 1. The van der Waals surface area contributed by atoms with Crippen LogP contribution < -0.4 is 30.3 Å². The third kappa shape index (κ3) is 7.09. The highest BCUT2D eigenvalue weighted by Gasteiger charge is 2.32. The van der Waals surface area contributed by atoms with E-state index in [4.69, 9.17) is 30.5 Å². The molecule has 1 heterocycles. The van der Waals surface area contributed by atoms with Gasteiger partial charge in [0.05, 0.1) is 48.2 Å². The Balaban J connectivity index is 1.70. The number of ether oxygens (including phenoxy) is 4. The van der Waals surface area contributed by atoms with Crippen LogP contribution in [0.4, 0.5) is 4.79 Å². The van der Waals surface area contributed by atoms with Crippen molar-refractivity contribution in [1.82, 2.24) is 16.1 Å². The predicted octanol–water partition coefficient (Wildman–Crippen LogP) is 3.63. The van der Waals surface area contributed by atoms with E-state index in [0.29, 0.717) is 50.2 Å². The second kappa shape index (κ2) is 13.4. The third-order valence-corrected chi connectivity index (χ3v) is 6.20. The number of hydrazone groups is 1. The van der Waals surface area contributed by atoms with Gasteiger partial charge in [0.15, 0.2) is 23.5 Å². The molecule has 204 valence electrons. The molecule has 4 N–H and O–H groups in total. The Bertz CT molecular complexity index is 1230. The lowest BCUT2D eigenvalue weighted by molar-refractivity contribution is -0.136. The number of aliphatic hydroxyl groups is 1. The van der Waals surface area contributed by atoms with E-state index in [9.17, 15) is 14.7 Å². The fraction of sp³-hybridized carbons (Fsp3) is 0.320. The molecule has 0 saturated heterocycles. The van der Waals surface area contributed by atoms with Gasteiger partial charge in [0.2, 0.25) is 0 Å². The first-order chi connectivity index (χ1) is 18.2. The molecule has 1 aliphatic rings. The van der Waals surface area contributed by atoms with E-state index < -0.39 is 24.3 Å². The van der Waals surface area contributed by atoms with Crippen molar-refractivity contribution in [2.45, 2.75) is 26.1 Å². The summed E-state index contributed by atoms with van der Waals surface area (Å²) in [6.45, 7) is 3.61. The number of hydrogen-bond donors (Lipinski definition) is 4. The Morgan fingerprint density at radius 2 is 2.03 bits per heavy atom. The number of allylic oxidation sites excluding steroid dienone is 1. The highest BCUT2D eigenvalue weighted by molar-refractivity contribution is 9.10. The van der Waals surface area contributed by atoms with Crippen molar-refractivity contribution >= 4 is 45.7 Å². The quantitative estimate of drug-likeness (QED) is 0.131. The lowest BCUT2D eigenvalue weighted by Crippen LogP contribution is -2.45. The summed E-state index contributed by atoms with van der Waals surface area (Å²) in [5.74, 6) is 0.661. The smallest absolute Gasteiger partial charge is 0.337 e. The summed E-state index contributed by atoms with van der Waals surface area (Å²) >= 11 is 9.55. The molecule has 1 aliphatic heterocycles. The minimum atomic E-state index is -1.14. The van der Waals surface area contributed by atoms with Gasteiger partial charge in [0, 0.05) is 5.70 Å². The number of benzene rings is 2. The molecule has 0 spiro atoms. The first-order valence-electron chi connectivity index (χ1n) is 11.4. The summed E-state index contributed by atoms with van der Waals surface area (Å²) in [5.41, 5.74) is 4.50. The van der Waals surface area contributed by atoms with Crippen LogP contribution in [0.25, 0.3) is 0 Å². The van der Waals surface area contributed by atoms with Crippen molar-refractivity contribution in [3.05, 3.63) is 62.2 Å². The highest BCUT2D eigenvalue weighted by atomic mass is 79.9. The maximum atomic E-state index is 12.4. The third-order valence-electron chi connectivity index (χ3n) is 5.33. The number of hydrogen-bond acceptors (Lipinski definition) is 9. The minimum Gasteiger partial charge on any atom is -0.494 e. The highest BCUT2D eigenvalue weighted by Crippen LogP contribution is 2.35. The van der Waals surface area contributed by atoms with Crippen LogP contribution in [0.2, 0.25) is 5.02 Å². The topological polar surface area (TPSA) is 140 Å². The van der Waals surface area contributed by atoms with Crippen molar-refractivity contribution in [2.24, 2.45) is 5.10 Å². The van der Waals surface area contributed by atoms with Crippen molar-refractivity contribution in [3.8, 4) is 17.2 Å². The summed E-state index contributed by atoms with van der Waals surface area (Å²) in [7, 11) is 2.79. The second-order valence-electron chi connectivity index (χ2n) is 7.93. The molecule has 2 aromatic rings. The monoisotopic (exact) mass is 610 g/mol. The van der Waals surface area contributed by atoms with E-state index in [1.165, 1.54) is 20.4 Å². The maximum absolute atomic E-state index is 12.4. The summed E-state index contributed by atoms with van der Waals surface area (Å²) in [6, 6.07) is 7.22. The molecule has 0 aliphatic carbocycles. The lowest BCUT2D eigenvalue weighted by atomic mass is 9.95. The van der Waals surface area contributed by atoms with Gasteiger partial charge in [-0.15, -0.1) is 0 Å². The van der Waals surface area contributed by atoms with Crippen LogP contribution in [-0.4, -0.2) is 57.0 Å². The molecule has 3 rings (SSSR count). The van der Waals surface area contributed by atoms with Gasteiger partial charge in [-0.05, 0) is 65.2 Å². The second-order valence-corrected chi connectivity index (χ2v) is 9.19. The Kier molecular flexibility index (Phi) is 10.2. The molecule has 38 heavy (non-hydrogen) atoms. The van der Waals surface area contributed by atoms with Crippen molar-refractivity contribution in [2.75, 3.05) is 27.4 Å². The lowest BCUT2D eigenvalue weighted by Gasteiger charge is -2.28. The summed E-state index contributed by atoms with van der Waals surface area (Å²) in [6.07, 6.45) is 0.347. The fourth-order valence-corrected chi connectivity index (χ4v) is 4.73. The largest absolute Gasteiger partial charge is 0.494 e. The standard InChI is InChI=1S/C25H28BrClN4O7/c1-5-37-19-10-15(22-21(24(33)36-4)13(2)29-25(34)30-22)6-7-18(19)38-12-20(32)31-28-11-14-8-16(26)23(35-3)17(27)9-14/h6-11,20,22,31-32H,5,12H2,1-4H3,(H2,29,30,34)/b28-11-/t20-,22-/m0/s1. The molecular weight excluding hydrogens is 584 g/mol. The van der Waals surface area contributed by atoms with Crippen LogP contribution in [0.15, 0.2) is 51.2 Å². The fourth-order valence-electron chi connectivity index (χ4n) is 3.67. The van der Waals surface area contributed by atoms with Crippen LogP contribution in [0.5, 0.6) is 17.2 Å². The van der Waals surface area contributed by atoms with Gasteiger partial charge in [-0.3, -0.25) is 5.43 Å². The Labute approximate surface area is 233 Å². The summed E-state index contributed by atoms with van der Waals surface area (Å²) < 4.78 is 22.2. The number of halogens is 2. The van der Waals surface area contributed by atoms with E-state index in [-0.39, 0.29) is 12.2 Å². The summed E-state index contributed by atoms with van der Waals surface area (Å²) in [4.78, 5) is 24.5. The Morgan fingerprint density at radius 3 is 2.68 bits per heavy atom. The predicted molar refractivity (Wildman–Crippen MR) is 145 cm³/mol. The molecule has 0 aromatic heterocycles. The van der Waals surface area contributed by atoms with Gasteiger partial charge in [-0.25, -0.2) is 9.59 Å². The Hall–Kier alpha value is -3.48. The molecule has 11 nitrogen and oxygen atoms in total. The maximum Gasteiger partial charge on any atom is 0.337 e. The minimum absolute atomic E-state index is 0.152. The van der Waals surface area contributed by atoms with E-state index in [2.05, 4.69) is 37.1 Å². The summed E-state index contributed by atoms with van der Waals surface area (Å²) in [5, 5.41) is 20.0. The molecule has 0 bridgehead atoms. The van der Waals surface area contributed by atoms with E-state index in [1.54, 1.807) is 37.3 Å². The number of carbonyl (C=O) groups is 2. The van der Waals surface area contributed by atoms with Crippen molar-refractivity contribution < 1.29 is 33.6 Å². The first kappa shape index (κ1) is 29.1.